The van der Waals surface area contributed by atoms with Crippen LogP contribution in [-0.4, -0.2) is 35.9 Å². The molecule has 1 aromatic carbocycles. The Morgan fingerprint density at radius 3 is 2.60 bits per heavy atom. The minimum Gasteiger partial charge on any atom is -0.449 e. The van der Waals surface area contributed by atoms with Crippen LogP contribution in [0, 0.1) is 6.92 Å². The van der Waals surface area contributed by atoms with Crippen molar-refractivity contribution in [2.45, 2.75) is 11.8 Å². The van der Waals surface area contributed by atoms with Gasteiger partial charge >= 0.3 is 0 Å². The van der Waals surface area contributed by atoms with Gasteiger partial charge in [0.1, 0.15) is 12.0 Å². The predicted molar refractivity (Wildman–Crippen MR) is 77.9 cm³/mol. The lowest BCUT2D eigenvalue weighted by Crippen LogP contribution is -2.27. The first kappa shape index (κ1) is 13.7. The molecule has 0 unspecified atom stereocenters. The van der Waals surface area contributed by atoms with Gasteiger partial charge in [0, 0.05) is 24.8 Å². The number of rotatable bonds is 3. The quantitative estimate of drug-likeness (QED) is 0.870. The molecule has 2 heterocycles. The molecule has 1 aromatic heterocycles. The van der Waals surface area contributed by atoms with E-state index in [2.05, 4.69) is 4.98 Å². The molecule has 20 heavy (non-hydrogen) atoms. The van der Waals surface area contributed by atoms with Crippen LogP contribution in [0.25, 0.3) is 11.3 Å². The van der Waals surface area contributed by atoms with Crippen LogP contribution in [0.2, 0.25) is 0 Å². The second-order valence-electron chi connectivity index (χ2n) is 4.49. The Labute approximate surface area is 122 Å². The van der Waals surface area contributed by atoms with E-state index in [0.29, 0.717) is 28.9 Å². The molecule has 1 saturated heterocycles. The molecule has 0 aliphatic carbocycles. The lowest BCUT2D eigenvalue weighted by Gasteiger charge is -2.14. The van der Waals surface area contributed by atoms with E-state index in [1.165, 1.54) is 4.31 Å². The van der Waals surface area contributed by atoms with Gasteiger partial charge in [0.2, 0.25) is 10.0 Å². The van der Waals surface area contributed by atoms with Crippen molar-refractivity contribution in [3.8, 4) is 11.3 Å². The van der Waals surface area contributed by atoms with E-state index >= 15 is 0 Å². The number of thioether (sulfide) groups is 1. The molecule has 1 aliphatic rings. The number of oxazole rings is 1. The molecule has 1 aliphatic heterocycles. The molecule has 7 heteroatoms. The molecule has 0 saturated carbocycles. The van der Waals surface area contributed by atoms with Gasteiger partial charge in [0.15, 0.2) is 5.89 Å². The highest BCUT2D eigenvalue weighted by Crippen LogP contribution is 2.25. The fraction of sp³-hybridized carbons (Fsp3) is 0.308. The summed E-state index contributed by atoms with van der Waals surface area (Å²) in [7, 11) is -3.36. The maximum absolute atomic E-state index is 12.4. The molecule has 0 N–H and O–H groups in total. The maximum atomic E-state index is 12.4. The summed E-state index contributed by atoms with van der Waals surface area (Å²) in [5.74, 6) is 1.98. The molecule has 0 amide bonds. The van der Waals surface area contributed by atoms with Gasteiger partial charge in [0.05, 0.1) is 10.8 Å². The number of aromatic nitrogens is 1. The van der Waals surface area contributed by atoms with Crippen molar-refractivity contribution in [3.05, 3.63) is 36.4 Å². The van der Waals surface area contributed by atoms with Crippen molar-refractivity contribution in [2.24, 2.45) is 0 Å². The van der Waals surface area contributed by atoms with Gasteiger partial charge in [-0.1, -0.05) is 12.1 Å². The standard InChI is InChI=1S/C13H14N2O3S2/c1-10-14-13(8-18-10)11-2-4-12(5-3-11)20(16,17)15-6-7-19-9-15/h2-5,8H,6-7,9H2,1H3. The number of sulfonamides is 1. The Hall–Kier alpha value is -1.31. The first-order valence-electron chi connectivity index (χ1n) is 6.18. The lowest BCUT2D eigenvalue weighted by molar-refractivity contribution is 0.489. The summed E-state index contributed by atoms with van der Waals surface area (Å²) in [6.45, 7) is 2.35. The molecular formula is C13H14N2O3S2. The zero-order valence-electron chi connectivity index (χ0n) is 10.9. The summed E-state index contributed by atoms with van der Waals surface area (Å²) in [4.78, 5) is 4.54. The monoisotopic (exact) mass is 310 g/mol. The van der Waals surface area contributed by atoms with Crippen LogP contribution in [0.3, 0.4) is 0 Å². The van der Waals surface area contributed by atoms with Gasteiger partial charge in [-0.25, -0.2) is 13.4 Å². The Bertz CT molecular complexity index is 701. The molecule has 0 radical (unpaired) electrons. The normalized spacial score (nSPS) is 16.6. The first-order chi connectivity index (χ1) is 9.57. The highest BCUT2D eigenvalue weighted by atomic mass is 32.2. The number of benzene rings is 1. The van der Waals surface area contributed by atoms with Crippen LogP contribution in [0.1, 0.15) is 5.89 Å². The molecule has 1 fully saturated rings. The van der Waals surface area contributed by atoms with Gasteiger partial charge in [-0.05, 0) is 12.1 Å². The second-order valence-corrected chi connectivity index (χ2v) is 7.51. The average molecular weight is 310 g/mol. The summed E-state index contributed by atoms with van der Waals surface area (Å²) in [5.41, 5.74) is 1.56. The fourth-order valence-electron chi connectivity index (χ4n) is 2.03. The van der Waals surface area contributed by atoms with Crippen molar-refractivity contribution < 1.29 is 12.8 Å². The fourth-order valence-corrected chi connectivity index (χ4v) is 4.84. The minimum absolute atomic E-state index is 0.323. The number of nitrogens with zero attached hydrogens (tertiary/aromatic N) is 2. The van der Waals surface area contributed by atoms with E-state index in [0.717, 1.165) is 11.3 Å². The third-order valence-electron chi connectivity index (χ3n) is 3.13. The van der Waals surface area contributed by atoms with Crippen molar-refractivity contribution in [1.29, 1.82) is 0 Å². The SMILES string of the molecule is Cc1nc(-c2ccc(S(=O)(=O)N3CCSC3)cc2)co1. The van der Waals surface area contributed by atoms with Crippen LogP contribution >= 0.6 is 11.8 Å². The topological polar surface area (TPSA) is 63.4 Å². The van der Waals surface area contributed by atoms with Gasteiger partial charge in [-0.15, -0.1) is 11.8 Å². The average Bonchev–Trinajstić information content (AvgIpc) is 3.10. The van der Waals surface area contributed by atoms with Crippen LogP contribution in [0.4, 0.5) is 0 Å². The Morgan fingerprint density at radius 2 is 2.05 bits per heavy atom. The summed E-state index contributed by atoms with van der Waals surface area (Å²) < 4.78 is 31.4. The third-order valence-corrected chi connectivity index (χ3v) is 6.12. The minimum atomic E-state index is -3.36. The van der Waals surface area contributed by atoms with E-state index in [1.54, 1.807) is 49.2 Å². The smallest absolute Gasteiger partial charge is 0.243 e. The van der Waals surface area contributed by atoms with Gasteiger partial charge in [-0.2, -0.15) is 4.31 Å². The van der Waals surface area contributed by atoms with Crippen molar-refractivity contribution in [1.82, 2.24) is 9.29 Å². The molecule has 106 valence electrons. The van der Waals surface area contributed by atoms with Crippen LogP contribution in [0.15, 0.2) is 39.8 Å². The third kappa shape index (κ3) is 2.48. The molecule has 3 rings (SSSR count). The van der Waals surface area contributed by atoms with Crippen LogP contribution in [-0.2, 0) is 10.0 Å². The van der Waals surface area contributed by atoms with Gasteiger partial charge in [-0.3, -0.25) is 0 Å². The van der Waals surface area contributed by atoms with E-state index in [-0.39, 0.29) is 0 Å². The van der Waals surface area contributed by atoms with Crippen molar-refractivity contribution in [3.63, 3.8) is 0 Å². The predicted octanol–water partition coefficient (Wildman–Crippen LogP) is 2.35. The van der Waals surface area contributed by atoms with Crippen LogP contribution < -0.4 is 0 Å². The summed E-state index contributed by atoms with van der Waals surface area (Å²) in [5, 5.41) is 0. The lowest BCUT2D eigenvalue weighted by atomic mass is 10.2. The van der Waals surface area contributed by atoms with Crippen LogP contribution in [0.5, 0.6) is 0 Å². The van der Waals surface area contributed by atoms with E-state index < -0.39 is 10.0 Å². The van der Waals surface area contributed by atoms with Gasteiger partial charge in [0.25, 0.3) is 0 Å². The Kier molecular flexibility index (Phi) is 3.57. The number of hydrogen-bond acceptors (Lipinski definition) is 5. The molecule has 0 bridgehead atoms. The van der Waals surface area contributed by atoms with E-state index in [4.69, 9.17) is 4.42 Å². The largest absolute Gasteiger partial charge is 0.449 e. The highest BCUT2D eigenvalue weighted by molar-refractivity contribution is 8.00. The zero-order valence-corrected chi connectivity index (χ0v) is 12.6. The molecule has 0 spiro atoms. The number of aryl methyl sites for hydroxylation is 1. The van der Waals surface area contributed by atoms with Crippen molar-refractivity contribution in [2.75, 3.05) is 18.2 Å². The van der Waals surface area contributed by atoms with E-state index in [1.807, 2.05) is 0 Å². The highest BCUT2D eigenvalue weighted by Gasteiger charge is 2.27. The van der Waals surface area contributed by atoms with Gasteiger partial charge < -0.3 is 4.42 Å². The zero-order chi connectivity index (χ0) is 14.2. The first-order valence-corrected chi connectivity index (χ1v) is 8.77. The second kappa shape index (κ2) is 5.23. The summed E-state index contributed by atoms with van der Waals surface area (Å²) in [6, 6.07) is 6.76. The maximum Gasteiger partial charge on any atom is 0.243 e. The molecule has 2 aromatic rings. The molecule has 5 nitrogen and oxygen atoms in total. The number of hydrogen-bond donors (Lipinski definition) is 0. The Balaban J connectivity index is 1.89. The summed E-state index contributed by atoms with van der Waals surface area (Å²) in [6.07, 6.45) is 1.57. The Morgan fingerprint density at radius 1 is 1.30 bits per heavy atom. The summed E-state index contributed by atoms with van der Waals surface area (Å²) >= 11 is 1.63. The van der Waals surface area contributed by atoms with E-state index in [9.17, 15) is 8.42 Å². The molecule has 0 atom stereocenters. The van der Waals surface area contributed by atoms with Crippen molar-refractivity contribution >= 4 is 21.8 Å². The molecular weight excluding hydrogens is 296 g/mol.